The van der Waals surface area contributed by atoms with Crippen LogP contribution in [0.2, 0.25) is 5.02 Å². The van der Waals surface area contributed by atoms with E-state index >= 15 is 4.39 Å². The first-order valence-corrected chi connectivity index (χ1v) is 14.4. The number of nitrogens with zero attached hydrogens (tertiary/aromatic N) is 3. The van der Waals surface area contributed by atoms with Gasteiger partial charge in [-0.2, -0.15) is 18.3 Å². The summed E-state index contributed by atoms with van der Waals surface area (Å²) in [6.45, 7) is -1.13. The number of nitrogens with two attached hydrogens (primary N) is 2. The molecule has 44 heavy (non-hydrogen) atoms. The van der Waals surface area contributed by atoms with Crippen molar-refractivity contribution in [3.05, 3.63) is 69.3 Å². The topological polar surface area (TPSA) is 139 Å². The van der Waals surface area contributed by atoms with Crippen LogP contribution in [0.5, 0.6) is 0 Å². The number of benzene rings is 2. The second-order valence-corrected chi connectivity index (χ2v) is 12.0. The summed E-state index contributed by atoms with van der Waals surface area (Å²) >= 11 is 6.58. The minimum absolute atomic E-state index is 0.0152. The fourth-order valence-corrected chi connectivity index (χ4v) is 6.89. The zero-order valence-corrected chi connectivity index (χ0v) is 24.1. The van der Waals surface area contributed by atoms with Crippen molar-refractivity contribution >= 4 is 52.6 Å². The van der Waals surface area contributed by atoms with Crippen LogP contribution in [0.15, 0.2) is 52.5 Å². The number of hydrogen-bond donors (Lipinski definition) is 2. The molecule has 0 radical (unpaired) electrons. The van der Waals surface area contributed by atoms with Gasteiger partial charge in [0.05, 0.1) is 28.8 Å². The van der Waals surface area contributed by atoms with Crippen LogP contribution in [0.3, 0.4) is 0 Å². The van der Waals surface area contributed by atoms with Gasteiger partial charge in [-0.25, -0.2) is 8.78 Å². The van der Waals surface area contributed by atoms with E-state index < -0.39 is 83.4 Å². The molecule has 9 nitrogen and oxygen atoms in total. The van der Waals surface area contributed by atoms with Crippen LogP contribution in [0.4, 0.5) is 22.0 Å². The van der Waals surface area contributed by atoms with Crippen LogP contribution in [0, 0.1) is 5.82 Å². The predicted octanol–water partition coefficient (Wildman–Crippen LogP) is 3.38. The Balaban J connectivity index is 1.35. The Kier molecular flexibility index (Phi) is 8.46. The number of rotatable bonds is 8. The number of likely N-dealkylation sites (tertiary alicyclic amines) is 1. The summed E-state index contributed by atoms with van der Waals surface area (Å²) in [5.41, 5.74) is 10.4. The van der Waals surface area contributed by atoms with E-state index in [2.05, 4.69) is 5.10 Å². The van der Waals surface area contributed by atoms with E-state index in [1.54, 1.807) is 0 Å². The molecule has 232 valence electrons. The van der Waals surface area contributed by atoms with Gasteiger partial charge in [0.25, 0.3) is 5.91 Å². The van der Waals surface area contributed by atoms with E-state index in [-0.39, 0.29) is 39.4 Å². The smallest absolute Gasteiger partial charge is 0.366 e. The maximum Gasteiger partial charge on any atom is 0.422 e. The first-order valence-electron chi connectivity index (χ1n) is 13.1. The number of carbonyl (C=O) groups excluding carboxylic acids is 4. The molecule has 4 N–H and O–H groups in total. The van der Waals surface area contributed by atoms with E-state index in [0.717, 1.165) is 16.0 Å². The van der Waals surface area contributed by atoms with Gasteiger partial charge in [0.1, 0.15) is 24.2 Å². The first kappa shape index (κ1) is 31.4. The standard InChI is InChI=1S/C28H23ClF5N5O4S/c29-17-5-4-13(26(35)42)6-16(17)15-3-1-2-12(23(15)31)7-20(40)18-8-14(30)10-38(18)22(41)11-39-19-9-21(28(32,33)34)44-25(19)24(37-39)27(36)43/h1-6,9,14,18-19,25H,7-8,10-11H2,(H2,35,42)(H2,36,43)/t14-,18+,19?,25?/m1/s1. The Morgan fingerprint density at radius 3 is 2.45 bits per heavy atom. The third-order valence-electron chi connectivity index (χ3n) is 7.49. The van der Waals surface area contributed by atoms with Gasteiger partial charge in [-0.05, 0) is 29.8 Å². The van der Waals surface area contributed by atoms with Crippen LogP contribution in [-0.2, 0) is 20.8 Å². The summed E-state index contributed by atoms with van der Waals surface area (Å²) in [7, 11) is 0. The monoisotopic (exact) mass is 655 g/mol. The Bertz CT molecular complexity index is 1630. The number of hydrogen-bond acceptors (Lipinski definition) is 7. The van der Waals surface area contributed by atoms with Gasteiger partial charge in [-0.1, -0.05) is 29.8 Å². The summed E-state index contributed by atoms with van der Waals surface area (Å²) < 4.78 is 70.2. The third-order valence-corrected chi connectivity index (χ3v) is 9.20. The molecule has 4 atom stereocenters. The number of carbonyl (C=O) groups is 4. The molecular weight excluding hydrogens is 633 g/mol. The average molecular weight is 656 g/mol. The summed E-state index contributed by atoms with van der Waals surface area (Å²) in [6, 6.07) is 5.84. The van der Waals surface area contributed by atoms with Gasteiger partial charge >= 0.3 is 6.18 Å². The van der Waals surface area contributed by atoms with Crippen molar-refractivity contribution in [2.24, 2.45) is 16.6 Å². The number of amides is 3. The van der Waals surface area contributed by atoms with Gasteiger partial charge in [0.2, 0.25) is 11.8 Å². The lowest BCUT2D eigenvalue weighted by Gasteiger charge is -2.27. The second kappa shape index (κ2) is 11.8. The zero-order valence-electron chi connectivity index (χ0n) is 22.5. The number of allylic oxidation sites excluding steroid dienone is 1. The van der Waals surface area contributed by atoms with Crippen molar-refractivity contribution in [1.82, 2.24) is 9.91 Å². The largest absolute Gasteiger partial charge is 0.422 e. The lowest BCUT2D eigenvalue weighted by molar-refractivity contribution is -0.138. The molecule has 0 bridgehead atoms. The number of fused-ring (bicyclic) bond motifs is 1. The van der Waals surface area contributed by atoms with Gasteiger partial charge in [0, 0.05) is 34.6 Å². The van der Waals surface area contributed by atoms with Gasteiger partial charge < -0.3 is 16.4 Å². The summed E-state index contributed by atoms with van der Waals surface area (Å²) in [6.07, 6.45) is -6.33. The van der Waals surface area contributed by atoms with E-state index in [1.807, 2.05) is 0 Å². The molecule has 1 fully saturated rings. The van der Waals surface area contributed by atoms with Crippen molar-refractivity contribution < 1.29 is 41.1 Å². The van der Waals surface area contributed by atoms with Gasteiger partial charge in [0.15, 0.2) is 5.78 Å². The Morgan fingerprint density at radius 1 is 1.07 bits per heavy atom. The Morgan fingerprint density at radius 2 is 1.80 bits per heavy atom. The number of hydrazone groups is 1. The lowest BCUT2D eigenvalue weighted by Crippen LogP contribution is -2.46. The van der Waals surface area contributed by atoms with Crippen LogP contribution in [0.25, 0.3) is 11.1 Å². The number of primary amides is 2. The average Bonchev–Trinajstić information content (AvgIpc) is 3.64. The molecule has 3 heterocycles. The molecular formula is C28H23ClF5N5O4S. The van der Waals surface area contributed by atoms with E-state index in [0.29, 0.717) is 11.8 Å². The van der Waals surface area contributed by atoms with Crippen molar-refractivity contribution in [2.45, 2.75) is 42.5 Å². The van der Waals surface area contributed by atoms with E-state index in [9.17, 15) is 36.7 Å². The SMILES string of the molecule is NC(=O)C1=NN(CC(=O)N2C[C@H](F)C[C@H]2C(=O)Cc2cccc(-c3cc(C(N)=O)ccc3Cl)c2F)C2C=C(C(F)(F)F)SC12. The fourth-order valence-electron chi connectivity index (χ4n) is 5.41. The number of ketones is 1. The number of alkyl halides is 4. The van der Waals surface area contributed by atoms with Crippen LogP contribution >= 0.6 is 23.4 Å². The molecule has 5 rings (SSSR count). The second-order valence-electron chi connectivity index (χ2n) is 10.4. The Hall–Kier alpha value is -3.98. The molecule has 2 aromatic rings. The lowest BCUT2D eigenvalue weighted by atomic mass is 9.96. The highest BCUT2D eigenvalue weighted by Gasteiger charge is 2.51. The van der Waals surface area contributed by atoms with E-state index in [1.165, 1.54) is 36.4 Å². The summed E-state index contributed by atoms with van der Waals surface area (Å²) in [5.74, 6) is -4.13. The number of thioether (sulfide) groups is 1. The van der Waals surface area contributed by atoms with Crippen molar-refractivity contribution in [3.63, 3.8) is 0 Å². The van der Waals surface area contributed by atoms with Crippen LogP contribution in [0.1, 0.15) is 22.3 Å². The molecule has 0 aromatic heterocycles. The first-order chi connectivity index (χ1) is 20.6. The highest BCUT2D eigenvalue weighted by atomic mass is 35.5. The minimum Gasteiger partial charge on any atom is -0.366 e. The van der Waals surface area contributed by atoms with Crippen molar-refractivity contribution in [2.75, 3.05) is 13.1 Å². The number of halogens is 6. The highest BCUT2D eigenvalue weighted by molar-refractivity contribution is 8.04. The van der Waals surface area contributed by atoms with E-state index in [4.69, 9.17) is 23.1 Å². The fraction of sp³-hybridized carbons (Fsp3) is 0.321. The van der Waals surface area contributed by atoms with Gasteiger partial charge in [-0.15, -0.1) is 11.8 Å². The van der Waals surface area contributed by atoms with Gasteiger partial charge in [-0.3, -0.25) is 24.2 Å². The van der Waals surface area contributed by atoms with Crippen LogP contribution < -0.4 is 11.5 Å². The van der Waals surface area contributed by atoms with Crippen molar-refractivity contribution in [3.8, 4) is 11.1 Å². The molecule has 0 saturated carbocycles. The van der Waals surface area contributed by atoms with Crippen molar-refractivity contribution in [1.29, 1.82) is 0 Å². The quantitative estimate of drug-likeness (QED) is 0.418. The summed E-state index contributed by atoms with van der Waals surface area (Å²) in [5, 5.41) is 3.96. The molecule has 3 aliphatic rings. The Labute approximate surface area is 256 Å². The van der Waals surface area contributed by atoms with Crippen LogP contribution in [-0.4, -0.2) is 81.9 Å². The minimum atomic E-state index is -4.69. The molecule has 0 aliphatic carbocycles. The molecule has 0 spiro atoms. The molecule has 16 heteroatoms. The molecule has 2 aromatic carbocycles. The molecule has 3 amide bonds. The highest BCUT2D eigenvalue weighted by Crippen LogP contribution is 2.47. The zero-order chi connectivity index (χ0) is 32.1. The molecule has 3 aliphatic heterocycles. The number of Topliss-reactive ketones (excluding diaryl/α,β-unsaturated/α-hetero) is 1. The predicted molar refractivity (Wildman–Crippen MR) is 152 cm³/mol. The maximum atomic E-state index is 15.6. The summed E-state index contributed by atoms with van der Waals surface area (Å²) in [4.78, 5) is 50.1. The normalized spacial score (nSPS) is 23.0. The molecule has 1 saturated heterocycles. The maximum absolute atomic E-state index is 15.6. The molecule has 2 unspecified atom stereocenters. The third kappa shape index (κ3) is 6.02.